The van der Waals surface area contributed by atoms with Gasteiger partial charge in [-0.05, 0) is 43.4 Å². The first-order chi connectivity index (χ1) is 7.68. The minimum Gasteiger partial charge on any atom is -0.325 e. The van der Waals surface area contributed by atoms with Gasteiger partial charge in [-0.25, -0.2) is 0 Å². The van der Waals surface area contributed by atoms with Crippen molar-refractivity contribution in [3.63, 3.8) is 0 Å². The smallest absolute Gasteiger partial charge is 0.0136 e. The van der Waals surface area contributed by atoms with E-state index in [1.54, 1.807) is 0 Å². The summed E-state index contributed by atoms with van der Waals surface area (Å²) in [6, 6.07) is 0. The molecule has 1 nitrogen and oxygen atoms in total. The lowest BCUT2D eigenvalue weighted by molar-refractivity contribution is 0.0364. The van der Waals surface area contributed by atoms with E-state index in [1.807, 2.05) is 0 Å². The van der Waals surface area contributed by atoms with Crippen molar-refractivity contribution in [3.8, 4) is 0 Å². The zero-order valence-electron chi connectivity index (χ0n) is 12.7. The van der Waals surface area contributed by atoms with E-state index in [2.05, 4.69) is 34.6 Å². The van der Waals surface area contributed by atoms with Crippen molar-refractivity contribution < 1.29 is 0 Å². The fourth-order valence-corrected chi connectivity index (χ4v) is 4.57. The normalized spacial score (nSPS) is 37.1. The third kappa shape index (κ3) is 4.99. The van der Waals surface area contributed by atoms with Gasteiger partial charge < -0.3 is 5.73 Å². The molecular formula is C16H33N. The van der Waals surface area contributed by atoms with Crippen LogP contribution in [0.4, 0.5) is 0 Å². The molecule has 1 fully saturated rings. The predicted octanol–water partition coefficient (Wildman–Crippen LogP) is 4.89. The van der Waals surface area contributed by atoms with Gasteiger partial charge in [-0.3, -0.25) is 0 Å². The summed E-state index contributed by atoms with van der Waals surface area (Å²) in [4.78, 5) is 0. The van der Waals surface area contributed by atoms with E-state index in [-0.39, 0.29) is 5.54 Å². The first-order valence-electron chi connectivity index (χ1n) is 7.47. The van der Waals surface area contributed by atoms with E-state index in [4.69, 9.17) is 5.73 Å². The van der Waals surface area contributed by atoms with Crippen molar-refractivity contribution in [1.82, 2.24) is 0 Å². The fraction of sp³-hybridized carbons (Fsp3) is 1.00. The van der Waals surface area contributed by atoms with Gasteiger partial charge in [0.15, 0.2) is 0 Å². The zero-order chi connectivity index (χ0) is 13.2. The summed E-state index contributed by atoms with van der Waals surface area (Å²) in [5.41, 5.74) is 7.39. The van der Waals surface area contributed by atoms with Crippen molar-refractivity contribution in [1.29, 1.82) is 0 Å². The monoisotopic (exact) mass is 239 g/mol. The van der Waals surface area contributed by atoms with Gasteiger partial charge in [-0.2, -0.15) is 0 Å². The van der Waals surface area contributed by atoms with Crippen LogP contribution in [0.3, 0.4) is 0 Å². The topological polar surface area (TPSA) is 26.0 Å². The van der Waals surface area contributed by atoms with Crippen molar-refractivity contribution in [2.75, 3.05) is 0 Å². The van der Waals surface area contributed by atoms with Crippen molar-refractivity contribution in [3.05, 3.63) is 0 Å². The van der Waals surface area contributed by atoms with Crippen LogP contribution >= 0.6 is 0 Å². The molecule has 0 aliphatic heterocycles. The molecule has 1 heteroatoms. The van der Waals surface area contributed by atoms with Crippen LogP contribution in [0.2, 0.25) is 0 Å². The lowest BCUT2D eigenvalue weighted by Crippen LogP contribution is -2.50. The molecule has 102 valence electrons. The Balaban J connectivity index is 2.55. The largest absolute Gasteiger partial charge is 0.325 e. The second-order valence-electron chi connectivity index (χ2n) is 7.97. The van der Waals surface area contributed by atoms with Crippen LogP contribution in [0.15, 0.2) is 0 Å². The summed E-state index contributed by atoms with van der Waals surface area (Å²) >= 11 is 0. The van der Waals surface area contributed by atoms with Crippen molar-refractivity contribution in [2.45, 2.75) is 91.5 Å². The van der Waals surface area contributed by atoms with Crippen LogP contribution in [0, 0.1) is 10.8 Å². The first-order valence-corrected chi connectivity index (χ1v) is 7.47. The summed E-state index contributed by atoms with van der Waals surface area (Å²) in [5.74, 6) is 0. The van der Waals surface area contributed by atoms with E-state index in [0.29, 0.717) is 10.8 Å². The zero-order valence-corrected chi connectivity index (χ0v) is 12.7. The number of nitrogens with two attached hydrogens (primary N) is 1. The highest BCUT2D eigenvalue weighted by molar-refractivity contribution is 4.99. The maximum atomic E-state index is 6.46. The minimum atomic E-state index is 0.0429. The number of unbranched alkanes of at least 4 members (excludes halogenated alkanes) is 3. The van der Waals surface area contributed by atoms with Crippen LogP contribution in [-0.2, 0) is 0 Å². The molecule has 1 saturated carbocycles. The van der Waals surface area contributed by atoms with Gasteiger partial charge in [-0.1, -0.05) is 53.4 Å². The summed E-state index contributed by atoms with van der Waals surface area (Å²) in [5, 5.41) is 0. The molecule has 17 heavy (non-hydrogen) atoms. The highest BCUT2D eigenvalue weighted by atomic mass is 14.8. The molecule has 0 amide bonds. The van der Waals surface area contributed by atoms with Gasteiger partial charge in [0, 0.05) is 5.54 Å². The van der Waals surface area contributed by atoms with E-state index < -0.39 is 0 Å². The lowest BCUT2D eigenvalue weighted by Gasteiger charge is -2.50. The molecule has 1 rings (SSSR count). The molecular weight excluding hydrogens is 206 g/mol. The quantitative estimate of drug-likeness (QED) is 0.679. The molecule has 1 aliphatic rings. The maximum Gasteiger partial charge on any atom is 0.0136 e. The SMILES string of the molecule is CCCCCCC1(C)CC(C)(C)CC(C)(N)C1. The van der Waals surface area contributed by atoms with Crippen LogP contribution in [0.5, 0.6) is 0 Å². The Hall–Kier alpha value is -0.0400. The fourth-order valence-electron chi connectivity index (χ4n) is 4.57. The first kappa shape index (κ1) is 15.0. The molecule has 2 atom stereocenters. The Morgan fingerprint density at radius 3 is 2.06 bits per heavy atom. The molecule has 0 radical (unpaired) electrons. The van der Waals surface area contributed by atoms with Crippen molar-refractivity contribution in [2.24, 2.45) is 16.6 Å². The van der Waals surface area contributed by atoms with Crippen LogP contribution in [-0.4, -0.2) is 5.54 Å². The molecule has 0 bridgehead atoms. The molecule has 2 N–H and O–H groups in total. The van der Waals surface area contributed by atoms with Gasteiger partial charge in [0.25, 0.3) is 0 Å². The van der Waals surface area contributed by atoms with Gasteiger partial charge in [0.2, 0.25) is 0 Å². The van der Waals surface area contributed by atoms with Gasteiger partial charge >= 0.3 is 0 Å². The maximum absolute atomic E-state index is 6.46. The predicted molar refractivity (Wildman–Crippen MR) is 77.1 cm³/mol. The Labute approximate surface area is 109 Å². The van der Waals surface area contributed by atoms with E-state index >= 15 is 0 Å². The third-order valence-corrected chi connectivity index (χ3v) is 4.25. The van der Waals surface area contributed by atoms with Gasteiger partial charge in [0.05, 0.1) is 0 Å². The molecule has 0 heterocycles. The van der Waals surface area contributed by atoms with Gasteiger partial charge in [-0.15, -0.1) is 0 Å². The number of hydrogen-bond acceptors (Lipinski definition) is 1. The summed E-state index contributed by atoms with van der Waals surface area (Å²) in [6.45, 7) is 11.8. The average molecular weight is 239 g/mol. The second-order valence-corrected chi connectivity index (χ2v) is 7.97. The second kappa shape index (κ2) is 5.30. The Morgan fingerprint density at radius 1 is 0.882 bits per heavy atom. The molecule has 0 aromatic heterocycles. The van der Waals surface area contributed by atoms with Crippen LogP contribution in [0.1, 0.15) is 86.0 Å². The molecule has 2 unspecified atom stereocenters. The minimum absolute atomic E-state index is 0.0429. The Morgan fingerprint density at radius 2 is 1.53 bits per heavy atom. The Kier molecular flexibility index (Phi) is 4.68. The third-order valence-electron chi connectivity index (χ3n) is 4.25. The standard InChI is InChI=1S/C16H33N/c1-6-7-8-9-10-15(4)11-14(2,3)12-16(5,17)13-15/h6-13,17H2,1-5H3. The van der Waals surface area contributed by atoms with E-state index in [0.717, 1.165) is 0 Å². The molecule has 0 aromatic rings. The van der Waals surface area contributed by atoms with Crippen LogP contribution in [0.25, 0.3) is 0 Å². The number of hydrogen-bond donors (Lipinski definition) is 1. The summed E-state index contributed by atoms with van der Waals surface area (Å²) in [6.07, 6.45) is 10.6. The molecule has 1 aliphatic carbocycles. The molecule has 0 spiro atoms. The lowest BCUT2D eigenvalue weighted by atomic mass is 9.57. The van der Waals surface area contributed by atoms with Gasteiger partial charge in [0.1, 0.15) is 0 Å². The van der Waals surface area contributed by atoms with Crippen LogP contribution < -0.4 is 5.73 Å². The van der Waals surface area contributed by atoms with Crippen molar-refractivity contribution >= 4 is 0 Å². The molecule has 0 aromatic carbocycles. The summed E-state index contributed by atoms with van der Waals surface area (Å²) in [7, 11) is 0. The average Bonchev–Trinajstić information content (AvgIpc) is 2.06. The number of rotatable bonds is 5. The van der Waals surface area contributed by atoms with E-state index in [1.165, 1.54) is 51.4 Å². The highest BCUT2D eigenvalue weighted by Crippen LogP contribution is 2.51. The summed E-state index contributed by atoms with van der Waals surface area (Å²) < 4.78 is 0. The molecule has 0 saturated heterocycles. The van der Waals surface area contributed by atoms with E-state index in [9.17, 15) is 0 Å². The highest BCUT2D eigenvalue weighted by Gasteiger charge is 2.44. The Bertz CT molecular complexity index is 224.